The number of hydrogen-bond acceptors (Lipinski definition) is 3. The molecule has 1 aromatic rings. The number of alkyl halides is 3. The molecule has 6 heteroatoms. The van der Waals surface area contributed by atoms with Crippen molar-refractivity contribution in [2.45, 2.75) is 51.7 Å². The van der Waals surface area contributed by atoms with Crippen molar-refractivity contribution in [2.75, 3.05) is 6.61 Å². The third kappa shape index (κ3) is 6.82. The van der Waals surface area contributed by atoms with Crippen molar-refractivity contribution < 1.29 is 27.8 Å². The summed E-state index contributed by atoms with van der Waals surface area (Å²) < 4.78 is 45.4. The first kappa shape index (κ1) is 17.8. The predicted octanol–water partition coefficient (Wildman–Crippen LogP) is 3.69. The van der Waals surface area contributed by atoms with Crippen molar-refractivity contribution in [2.24, 2.45) is 0 Å². The first-order valence-corrected chi connectivity index (χ1v) is 7.00. The zero-order valence-corrected chi connectivity index (χ0v) is 12.2. The van der Waals surface area contributed by atoms with Crippen molar-refractivity contribution in [1.82, 2.24) is 0 Å². The lowest BCUT2D eigenvalue weighted by Gasteiger charge is -2.22. The Morgan fingerprint density at radius 2 is 1.76 bits per heavy atom. The van der Waals surface area contributed by atoms with Crippen LogP contribution in [0.4, 0.5) is 13.2 Å². The number of halogens is 3. The number of rotatable bonds is 8. The summed E-state index contributed by atoms with van der Waals surface area (Å²) in [6.45, 7) is 4.38. The Bertz CT molecular complexity index is 398. The van der Waals surface area contributed by atoms with Crippen LogP contribution in [0.5, 0.6) is 5.75 Å². The molecule has 0 amide bonds. The molecule has 0 saturated heterocycles. The maximum atomic E-state index is 12.0. The quantitative estimate of drug-likeness (QED) is 0.796. The van der Waals surface area contributed by atoms with Gasteiger partial charge in [0, 0.05) is 13.0 Å². The van der Waals surface area contributed by atoms with Crippen molar-refractivity contribution in [1.29, 1.82) is 0 Å². The minimum Gasteiger partial charge on any atom is -0.406 e. The van der Waals surface area contributed by atoms with Gasteiger partial charge in [0.05, 0.1) is 12.2 Å². The summed E-state index contributed by atoms with van der Waals surface area (Å²) in [6.07, 6.45) is -3.67. The van der Waals surface area contributed by atoms with E-state index in [1.165, 1.54) is 24.3 Å². The smallest absolute Gasteiger partial charge is 0.406 e. The van der Waals surface area contributed by atoms with Crippen LogP contribution in [0.3, 0.4) is 0 Å². The van der Waals surface area contributed by atoms with Crippen LogP contribution >= 0.6 is 0 Å². The van der Waals surface area contributed by atoms with Gasteiger partial charge in [-0.3, -0.25) is 0 Å². The van der Waals surface area contributed by atoms with Crippen molar-refractivity contribution in [3.8, 4) is 5.75 Å². The van der Waals surface area contributed by atoms with E-state index < -0.39 is 12.5 Å². The summed E-state index contributed by atoms with van der Waals surface area (Å²) in [6, 6.07) is 5.51. The highest BCUT2D eigenvalue weighted by Gasteiger charge is 2.31. The second-order valence-corrected chi connectivity index (χ2v) is 4.75. The molecule has 0 aliphatic carbocycles. The molecule has 0 radical (unpaired) electrons. The van der Waals surface area contributed by atoms with Gasteiger partial charge in [-0.15, -0.1) is 13.2 Å². The summed E-state index contributed by atoms with van der Waals surface area (Å²) in [7, 11) is 0. The van der Waals surface area contributed by atoms with Gasteiger partial charge in [-0.2, -0.15) is 0 Å². The number of ether oxygens (including phenoxy) is 2. The molecule has 1 aromatic carbocycles. The van der Waals surface area contributed by atoms with Gasteiger partial charge in [-0.05, 0) is 31.0 Å². The average molecular weight is 306 g/mol. The molecule has 1 rings (SSSR count). The molecule has 0 bridgehead atoms. The Morgan fingerprint density at radius 1 is 1.14 bits per heavy atom. The summed E-state index contributed by atoms with van der Waals surface area (Å²) in [5.41, 5.74) is 0.734. The Morgan fingerprint density at radius 3 is 2.24 bits per heavy atom. The normalized spacial score (nSPS) is 14.8. The lowest BCUT2D eigenvalue weighted by molar-refractivity contribution is -0.274. The van der Waals surface area contributed by atoms with Crippen LogP contribution in [0, 0.1) is 0 Å². The van der Waals surface area contributed by atoms with Crippen LogP contribution < -0.4 is 4.74 Å². The van der Waals surface area contributed by atoms with E-state index in [4.69, 9.17) is 4.74 Å². The first-order valence-electron chi connectivity index (χ1n) is 7.00. The number of aliphatic hydroxyl groups excluding tert-OH is 1. The van der Waals surface area contributed by atoms with Crippen LogP contribution in [0.2, 0.25) is 0 Å². The van der Waals surface area contributed by atoms with Gasteiger partial charge in [0.1, 0.15) is 5.75 Å². The summed E-state index contributed by atoms with van der Waals surface area (Å²) in [4.78, 5) is 0. The highest BCUT2D eigenvalue weighted by molar-refractivity contribution is 5.27. The minimum atomic E-state index is -4.69. The second kappa shape index (κ2) is 8.24. The molecule has 1 N–H and O–H groups in total. The third-order valence-electron chi connectivity index (χ3n) is 2.98. The molecule has 0 heterocycles. The van der Waals surface area contributed by atoms with Gasteiger partial charge in [0.25, 0.3) is 0 Å². The van der Waals surface area contributed by atoms with E-state index in [1.54, 1.807) is 0 Å². The van der Waals surface area contributed by atoms with Gasteiger partial charge in [-0.1, -0.05) is 25.5 Å². The lowest BCUT2D eigenvalue weighted by Crippen LogP contribution is -2.30. The van der Waals surface area contributed by atoms with Crippen molar-refractivity contribution in [3.63, 3.8) is 0 Å². The van der Waals surface area contributed by atoms with Crippen LogP contribution in [0.1, 0.15) is 32.3 Å². The van der Waals surface area contributed by atoms with Crippen molar-refractivity contribution >= 4 is 0 Å². The summed E-state index contributed by atoms with van der Waals surface area (Å²) in [5, 5.41) is 10.1. The third-order valence-corrected chi connectivity index (χ3v) is 2.98. The van der Waals surface area contributed by atoms with E-state index in [-0.39, 0.29) is 11.9 Å². The molecule has 0 aliphatic heterocycles. The molecule has 3 nitrogen and oxygen atoms in total. The molecule has 0 spiro atoms. The van der Waals surface area contributed by atoms with Gasteiger partial charge < -0.3 is 14.6 Å². The number of aliphatic hydroxyl groups is 1. The molecule has 0 fully saturated rings. The zero-order valence-electron chi connectivity index (χ0n) is 12.2. The monoisotopic (exact) mass is 306 g/mol. The molecule has 0 saturated carbocycles. The van der Waals surface area contributed by atoms with E-state index >= 15 is 0 Å². The van der Waals surface area contributed by atoms with Crippen LogP contribution in [0.15, 0.2) is 24.3 Å². The van der Waals surface area contributed by atoms with Crippen molar-refractivity contribution in [3.05, 3.63) is 29.8 Å². The molecular formula is C15H21F3O3. The maximum Gasteiger partial charge on any atom is 0.573 e. The van der Waals surface area contributed by atoms with E-state index in [9.17, 15) is 18.3 Å². The summed E-state index contributed by atoms with van der Waals surface area (Å²) >= 11 is 0. The fourth-order valence-electron chi connectivity index (χ4n) is 2.09. The molecular weight excluding hydrogens is 285 g/mol. The highest BCUT2D eigenvalue weighted by atomic mass is 19.4. The van der Waals surface area contributed by atoms with E-state index in [2.05, 4.69) is 4.74 Å². The van der Waals surface area contributed by atoms with E-state index in [0.29, 0.717) is 13.0 Å². The first-order chi connectivity index (χ1) is 9.85. The van der Waals surface area contributed by atoms with Gasteiger partial charge >= 0.3 is 6.36 Å². The highest BCUT2D eigenvalue weighted by Crippen LogP contribution is 2.23. The molecule has 2 unspecified atom stereocenters. The summed E-state index contributed by atoms with van der Waals surface area (Å²) in [5.74, 6) is -0.268. The Kier molecular flexibility index (Phi) is 6.98. The number of benzene rings is 1. The largest absolute Gasteiger partial charge is 0.573 e. The molecule has 21 heavy (non-hydrogen) atoms. The maximum absolute atomic E-state index is 12.0. The Labute approximate surface area is 122 Å². The fraction of sp³-hybridized carbons (Fsp3) is 0.600. The lowest BCUT2D eigenvalue weighted by atomic mass is 10.0. The molecule has 120 valence electrons. The topological polar surface area (TPSA) is 38.7 Å². The molecule has 0 aliphatic rings. The standard InChI is InChI=1S/C15H21F3O3/c1-3-5-14(20-4-2)13(19)10-11-6-8-12(9-7-11)21-15(16,17)18/h6-9,13-14,19H,3-5,10H2,1-2H3. The minimum absolute atomic E-state index is 0.258. The molecule has 0 aromatic heterocycles. The van der Waals surface area contributed by atoms with Gasteiger partial charge in [-0.25, -0.2) is 0 Å². The van der Waals surface area contributed by atoms with Gasteiger partial charge in [0.15, 0.2) is 0 Å². The van der Waals surface area contributed by atoms with E-state index in [1.807, 2.05) is 13.8 Å². The average Bonchev–Trinajstić information content (AvgIpc) is 2.39. The number of hydrogen-bond donors (Lipinski definition) is 1. The van der Waals surface area contributed by atoms with E-state index in [0.717, 1.165) is 18.4 Å². The van der Waals surface area contributed by atoms with Crippen LogP contribution in [0.25, 0.3) is 0 Å². The predicted molar refractivity (Wildman–Crippen MR) is 73.2 cm³/mol. The Balaban J connectivity index is 2.61. The van der Waals surface area contributed by atoms with Crippen LogP contribution in [-0.4, -0.2) is 30.3 Å². The fourth-order valence-corrected chi connectivity index (χ4v) is 2.09. The molecule has 2 atom stereocenters. The van der Waals surface area contributed by atoms with Gasteiger partial charge in [0.2, 0.25) is 0 Å². The van der Waals surface area contributed by atoms with Crippen LogP contribution in [-0.2, 0) is 11.2 Å². The second-order valence-electron chi connectivity index (χ2n) is 4.75. The SMILES string of the molecule is CCCC(OCC)C(O)Cc1ccc(OC(F)(F)F)cc1. The Hall–Kier alpha value is -1.27. The zero-order chi connectivity index (χ0) is 15.9.